The SMILES string of the molecule is c1ccc2c(c1)-c1ccccc1C21c2ccccc2-c2ccc(-n3c4ccccc4c4cc5c(cc43)sc3ncncc35)cc21. The molecule has 3 heterocycles. The molecule has 45 heavy (non-hydrogen) atoms. The zero-order valence-corrected chi connectivity index (χ0v) is 24.8. The van der Waals surface area contributed by atoms with Crippen molar-refractivity contribution in [2.24, 2.45) is 0 Å². The maximum atomic E-state index is 4.57. The van der Waals surface area contributed by atoms with Gasteiger partial charge in [0.1, 0.15) is 11.2 Å². The summed E-state index contributed by atoms with van der Waals surface area (Å²) in [6, 6.07) is 47.7. The molecule has 0 atom stereocenters. The molecule has 2 aliphatic carbocycles. The Hall–Kier alpha value is -5.58. The summed E-state index contributed by atoms with van der Waals surface area (Å²) in [7, 11) is 0. The summed E-state index contributed by atoms with van der Waals surface area (Å²) in [5, 5.41) is 4.83. The lowest BCUT2D eigenvalue weighted by Gasteiger charge is -2.30. The summed E-state index contributed by atoms with van der Waals surface area (Å²) in [6.45, 7) is 0. The van der Waals surface area contributed by atoms with Crippen molar-refractivity contribution in [2.75, 3.05) is 0 Å². The van der Waals surface area contributed by atoms with Gasteiger partial charge in [-0.2, -0.15) is 0 Å². The molecular weight excluding hydrogens is 567 g/mol. The first kappa shape index (κ1) is 23.8. The zero-order chi connectivity index (χ0) is 29.3. The first-order valence-electron chi connectivity index (χ1n) is 15.3. The number of thiophene rings is 1. The molecule has 0 bridgehead atoms. The maximum Gasteiger partial charge on any atom is 0.127 e. The summed E-state index contributed by atoms with van der Waals surface area (Å²) in [5.41, 5.74) is 14.0. The van der Waals surface area contributed by atoms with E-state index in [2.05, 4.69) is 142 Å². The molecule has 0 unspecified atom stereocenters. The summed E-state index contributed by atoms with van der Waals surface area (Å²) in [6.07, 6.45) is 3.59. The number of aromatic nitrogens is 3. The number of rotatable bonds is 1. The Morgan fingerprint density at radius 3 is 1.89 bits per heavy atom. The van der Waals surface area contributed by atoms with Gasteiger partial charge in [-0.15, -0.1) is 11.3 Å². The predicted molar refractivity (Wildman–Crippen MR) is 186 cm³/mol. The fourth-order valence-electron chi connectivity index (χ4n) is 8.48. The van der Waals surface area contributed by atoms with Crippen LogP contribution in [0.4, 0.5) is 0 Å². The van der Waals surface area contributed by atoms with E-state index in [0.717, 1.165) is 10.2 Å². The van der Waals surface area contributed by atoms with Gasteiger partial charge in [-0.05, 0) is 74.8 Å². The van der Waals surface area contributed by atoms with Crippen LogP contribution in [0.15, 0.2) is 140 Å². The van der Waals surface area contributed by atoms with Gasteiger partial charge < -0.3 is 4.57 Å². The van der Waals surface area contributed by atoms with Gasteiger partial charge in [0.2, 0.25) is 0 Å². The Bertz CT molecular complexity index is 2670. The number of hydrogen-bond donors (Lipinski definition) is 0. The lowest BCUT2D eigenvalue weighted by Crippen LogP contribution is -2.26. The lowest BCUT2D eigenvalue weighted by atomic mass is 9.70. The minimum absolute atomic E-state index is 0.370. The van der Waals surface area contributed by atoms with Crippen molar-refractivity contribution >= 4 is 53.4 Å². The highest BCUT2D eigenvalue weighted by molar-refractivity contribution is 7.25. The van der Waals surface area contributed by atoms with Crippen LogP contribution in [0.25, 0.3) is 70.0 Å². The minimum atomic E-state index is -0.370. The highest BCUT2D eigenvalue weighted by Crippen LogP contribution is 2.63. The van der Waals surface area contributed by atoms with Gasteiger partial charge in [-0.3, -0.25) is 0 Å². The van der Waals surface area contributed by atoms with Crippen LogP contribution in [0.2, 0.25) is 0 Å². The molecule has 2 aliphatic rings. The molecule has 4 heteroatoms. The van der Waals surface area contributed by atoms with Gasteiger partial charge in [0.05, 0.1) is 16.4 Å². The van der Waals surface area contributed by atoms with Crippen molar-refractivity contribution in [1.29, 1.82) is 0 Å². The van der Waals surface area contributed by atoms with Gasteiger partial charge in [0.15, 0.2) is 0 Å². The van der Waals surface area contributed by atoms with E-state index in [1.807, 2.05) is 6.20 Å². The smallest absolute Gasteiger partial charge is 0.127 e. The number of nitrogens with zero attached hydrogens (tertiary/aromatic N) is 3. The van der Waals surface area contributed by atoms with Crippen molar-refractivity contribution in [3.05, 3.63) is 162 Å². The van der Waals surface area contributed by atoms with Crippen LogP contribution in [0.1, 0.15) is 22.3 Å². The number of hydrogen-bond acceptors (Lipinski definition) is 3. The Morgan fingerprint density at radius 1 is 0.511 bits per heavy atom. The van der Waals surface area contributed by atoms with Gasteiger partial charge >= 0.3 is 0 Å². The molecule has 11 rings (SSSR count). The highest BCUT2D eigenvalue weighted by Gasteiger charge is 2.51. The number of benzene rings is 6. The van der Waals surface area contributed by atoms with E-state index in [1.54, 1.807) is 17.7 Å². The molecule has 3 aromatic heterocycles. The second-order valence-electron chi connectivity index (χ2n) is 12.2. The molecule has 208 valence electrons. The van der Waals surface area contributed by atoms with Crippen LogP contribution < -0.4 is 0 Å². The Balaban J connectivity index is 1.26. The zero-order valence-electron chi connectivity index (χ0n) is 24.0. The Morgan fingerprint density at radius 2 is 1.16 bits per heavy atom. The van der Waals surface area contributed by atoms with Crippen LogP contribution in [0, 0.1) is 0 Å². The van der Waals surface area contributed by atoms with E-state index < -0.39 is 0 Å². The molecule has 0 saturated carbocycles. The van der Waals surface area contributed by atoms with Crippen LogP contribution in [-0.4, -0.2) is 14.5 Å². The van der Waals surface area contributed by atoms with Gasteiger partial charge in [0.25, 0.3) is 0 Å². The monoisotopic (exact) mass is 589 g/mol. The molecule has 0 amide bonds. The predicted octanol–water partition coefficient (Wildman–Crippen LogP) is 10.3. The second-order valence-corrected chi connectivity index (χ2v) is 13.2. The molecular formula is C41H23N3S. The van der Waals surface area contributed by atoms with Crippen LogP contribution in [0.3, 0.4) is 0 Å². The lowest BCUT2D eigenvalue weighted by molar-refractivity contribution is 0.792. The standard InChI is InChI=1S/C41H23N3S/c1-5-13-33-25(9-1)26-10-2-6-14-34(26)41(33)35-15-7-3-11-27(35)28-18-17-24(19-36(28)41)44-37-16-8-4-12-29(37)30-20-31-32-22-42-23-43-40(32)45-39(31)21-38(30)44/h1-23H. The fourth-order valence-corrected chi connectivity index (χ4v) is 9.51. The second kappa shape index (κ2) is 8.32. The summed E-state index contributed by atoms with van der Waals surface area (Å²) < 4.78 is 3.69. The molecule has 9 aromatic rings. The van der Waals surface area contributed by atoms with Gasteiger partial charge in [-0.25, -0.2) is 9.97 Å². The third kappa shape index (κ3) is 2.82. The van der Waals surface area contributed by atoms with E-state index >= 15 is 0 Å². The quantitative estimate of drug-likeness (QED) is 0.191. The fraction of sp³-hybridized carbons (Fsp3) is 0.0244. The Kier molecular flexibility index (Phi) is 4.40. The van der Waals surface area contributed by atoms with E-state index in [-0.39, 0.29) is 5.41 Å². The van der Waals surface area contributed by atoms with Crippen LogP contribution in [-0.2, 0) is 5.41 Å². The molecule has 0 N–H and O–H groups in total. The van der Waals surface area contributed by atoms with Gasteiger partial charge in [-0.1, -0.05) is 97.1 Å². The van der Waals surface area contributed by atoms with E-state index in [4.69, 9.17) is 0 Å². The van der Waals surface area contributed by atoms with Gasteiger partial charge in [0, 0.05) is 38.1 Å². The number of fused-ring (bicyclic) bond motifs is 16. The third-order valence-electron chi connectivity index (χ3n) is 10.2. The molecule has 0 aliphatic heterocycles. The molecule has 0 saturated heterocycles. The van der Waals surface area contributed by atoms with Crippen molar-refractivity contribution < 1.29 is 0 Å². The average Bonchev–Trinajstić information content (AvgIpc) is 3.80. The van der Waals surface area contributed by atoms with Crippen molar-refractivity contribution in [3.8, 4) is 27.9 Å². The molecule has 6 aromatic carbocycles. The van der Waals surface area contributed by atoms with Crippen LogP contribution in [0.5, 0.6) is 0 Å². The Labute approximate surface area is 262 Å². The molecule has 0 fully saturated rings. The first-order chi connectivity index (χ1) is 22.3. The van der Waals surface area contributed by atoms with Crippen molar-refractivity contribution in [3.63, 3.8) is 0 Å². The maximum absolute atomic E-state index is 4.57. The van der Waals surface area contributed by atoms with Crippen molar-refractivity contribution in [2.45, 2.75) is 5.41 Å². The summed E-state index contributed by atoms with van der Waals surface area (Å²) in [4.78, 5) is 9.94. The minimum Gasteiger partial charge on any atom is -0.309 e. The summed E-state index contributed by atoms with van der Waals surface area (Å²) >= 11 is 1.74. The van der Waals surface area contributed by atoms with Crippen molar-refractivity contribution in [1.82, 2.24) is 14.5 Å². The molecule has 3 nitrogen and oxygen atoms in total. The highest BCUT2D eigenvalue weighted by atomic mass is 32.1. The van der Waals surface area contributed by atoms with E-state index in [1.165, 1.54) is 82.1 Å². The number of para-hydroxylation sites is 1. The third-order valence-corrected chi connectivity index (χ3v) is 11.3. The largest absolute Gasteiger partial charge is 0.309 e. The van der Waals surface area contributed by atoms with E-state index in [0.29, 0.717) is 0 Å². The molecule has 1 spiro atoms. The summed E-state index contributed by atoms with van der Waals surface area (Å²) in [5.74, 6) is 0. The van der Waals surface area contributed by atoms with Crippen LogP contribution >= 0.6 is 11.3 Å². The molecule has 0 radical (unpaired) electrons. The first-order valence-corrected chi connectivity index (χ1v) is 16.1. The van der Waals surface area contributed by atoms with E-state index in [9.17, 15) is 0 Å². The topological polar surface area (TPSA) is 30.7 Å². The average molecular weight is 590 g/mol. The normalized spacial score (nSPS) is 14.0.